The van der Waals surface area contributed by atoms with E-state index in [1.165, 1.54) is 26.4 Å². The molecule has 3 nitrogen and oxygen atoms in total. The molecule has 0 saturated heterocycles. The van der Waals surface area contributed by atoms with Gasteiger partial charge in [0.1, 0.15) is 6.61 Å². The lowest BCUT2D eigenvalue weighted by molar-refractivity contribution is -0.145. The van der Waals surface area contributed by atoms with Crippen molar-refractivity contribution in [1.29, 1.82) is 0 Å². The van der Waals surface area contributed by atoms with E-state index in [4.69, 9.17) is 4.74 Å². The number of methoxy groups -OCH3 is 1. The molecule has 0 heterocycles. The topological polar surface area (TPSA) is 35.5 Å². The molecule has 12 heavy (non-hydrogen) atoms. The molecule has 3 heteroatoms. The van der Waals surface area contributed by atoms with Crippen molar-refractivity contribution in [3.63, 3.8) is 0 Å². The highest BCUT2D eigenvalue weighted by atomic mass is 16.6. The van der Waals surface area contributed by atoms with Crippen molar-refractivity contribution in [2.24, 2.45) is 0 Å². The molecule has 0 saturated carbocycles. The number of carbonyl (C=O) groups is 1. The van der Waals surface area contributed by atoms with Crippen LogP contribution in [0.15, 0.2) is 0 Å². The Hall–Kier alpha value is -0.570. The molecule has 0 bridgehead atoms. The maximum Gasteiger partial charge on any atom is 0.331 e. The Morgan fingerprint density at radius 2 is 2.00 bits per heavy atom. The molecule has 0 aromatic heterocycles. The number of hydrogen-bond acceptors (Lipinski definition) is 3. The molecule has 0 aliphatic heterocycles. The van der Waals surface area contributed by atoms with Crippen LogP contribution in [0.5, 0.6) is 0 Å². The van der Waals surface area contributed by atoms with Gasteiger partial charge in [-0.1, -0.05) is 26.2 Å². The summed E-state index contributed by atoms with van der Waals surface area (Å²) in [5, 5.41) is 0. The molecule has 0 spiro atoms. The van der Waals surface area contributed by atoms with Crippen LogP contribution in [-0.2, 0) is 14.3 Å². The molecule has 72 valence electrons. The summed E-state index contributed by atoms with van der Waals surface area (Å²) in [7, 11) is 1.36. The van der Waals surface area contributed by atoms with E-state index >= 15 is 0 Å². The molecule has 0 rings (SSSR count). The van der Waals surface area contributed by atoms with Gasteiger partial charge >= 0.3 is 5.97 Å². The standard InChI is InChI=1S/C9H18O3/c1-3-4-5-6-7-12-8-9(10)11-2/h3-8H2,1-2H3. The van der Waals surface area contributed by atoms with E-state index in [9.17, 15) is 4.79 Å². The van der Waals surface area contributed by atoms with Gasteiger partial charge in [0.2, 0.25) is 0 Å². The smallest absolute Gasteiger partial charge is 0.331 e. The number of hydrogen-bond donors (Lipinski definition) is 0. The highest BCUT2D eigenvalue weighted by molar-refractivity contribution is 5.70. The Morgan fingerprint density at radius 3 is 2.58 bits per heavy atom. The van der Waals surface area contributed by atoms with E-state index in [1.54, 1.807) is 0 Å². The monoisotopic (exact) mass is 174 g/mol. The first kappa shape index (κ1) is 11.4. The summed E-state index contributed by atoms with van der Waals surface area (Å²) in [5.74, 6) is -0.300. The van der Waals surface area contributed by atoms with Crippen molar-refractivity contribution in [2.45, 2.75) is 32.6 Å². The van der Waals surface area contributed by atoms with Gasteiger partial charge in [0.15, 0.2) is 0 Å². The second kappa shape index (κ2) is 8.53. The molecule has 0 aliphatic carbocycles. The molecule has 0 aromatic rings. The van der Waals surface area contributed by atoms with E-state index in [1.807, 2.05) is 0 Å². The average molecular weight is 174 g/mol. The molecule has 0 aromatic carbocycles. The maximum absolute atomic E-state index is 10.6. The van der Waals surface area contributed by atoms with E-state index in [0.717, 1.165) is 6.42 Å². The van der Waals surface area contributed by atoms with Gasteiger partial charge < -0.3 is 9.47 Å². The highest BCUT2D eigenvalue weighted by Crippen LogP contribution is 1.98. The van der Waals surface area contributed by atoms with Gasteiger partial charge in [0.05, 0.1) is 7.11 Å². The first-order valence-corrected chi connectivity index (χ1v) is 4.45. The number of unbranched alkanes of at least 4 members (excludes halogenated alkanes) is 3. The minimum absolute atomic E-state index is 0.0859. The lowest BCUT2D eigenvalue weighted by Crippen LogP contribution is -2.10. The summed E-state index contributed by atoms with van der Waals surface area (Å²) in [6.07, 6.45) is 4.67. The van der Waals surface area contributed by atoms with Crippen molar-refractivity contribution >= 4 is 5.97 Å². The fourth-order valence-corrected chi connectivity index (χ4v) is 0.845. The summed E-state index contributed by atoms with van der Waals surface area (Å²) < 4.78 is 9.47. The van der Waals surface area contributed by atoms with Crippen molar-refractivity contribution in [3.8, 4) is 0 Å². The first-order valence-electron chi connectivity index (χ1n) is 4.45. The Bertz CT molecular complexity index is 112. The SMILES string of the molecule is CCCCCCOCC(=O)OC. The van der Waals surface area contributed by atoms with Gasteiger partial charge in [-0.2, -0.15) is 0 Å². The zero-order valence-corrected chi connectivity index (χ0v) is 7.97. The average Bonchev–Trinajstić information content (AvgIpc) is 2.10. The maximum atomic E-state index is 10.6. The van der Waals surface area contributed by atoms with Gasteiger partial charge in [-0.25, -0.2) is 4.79 Å². The van der Waals surface area contributed by atoms with Crippen molar-refractivity contribution in [2.75, 3.05) is 20.3 Å². The normalized spacial score (nSPS) is 9.83. The lowest BCUT2D eigenvalue weighted by atomic mass is 10.2. The molecule has 0 atom stereocenters. The third-order valence-electron chi connectivity index (χ3n) is 1.59. The van der Waals surface area contributed by atoms with Gasteiger partial charge in [-0.05, 0) is 6.42 Å². The van der Waals surface area contributed by atoms with Gasteiger partial charge in [-0.15, -0.1) is 0 Å². The van der Waals surface area contributed by atoms with E-state index in [0.29, 0.717) is 6.61 Å². The van der Waals surface area contributed by atoms with Crippen molar-refractivity contribution < 1.29 is 14.3 Å². The molecule has 0 N–H and O–H groups in total. The second-order valence-corrected chi connectivity index (χ2v) is 2.69. The third kappa shape index (κ3) is 7.54. The van der Waals surface area contributed by atoms with Crippen LogP contribution in [0.1, 0.15) is 32.6 Å². The van der Waals surface area contributed by atoms with E-state index < -0.39 is 0 Å². The Balaban J connectivity index is 2.95. The number of ether oxygens (including phenoxy) is 2. The van der Waals surface area contributed by atoms with Crippen molar-refractivity contribution in [3.05, 3.63) is 0 Å². The van der Waals surface area contributed by atoms with Crippen LogP contribution in [0.3, 0.4) is 0 Å². The molecule has 0 aliphatic rings. The van der Waals surface area contributed by atoms with Crippen LogP contribution >= 0.6 is 0 Å². The quantitative estimate of drug-likeness (QED) is 0.436. The third-order valence-corrected chi connectivity index (χ3v) is 1.59. The first-order chi connectivity index (χ1) is 5.81. The minimum Gasteiger partial charge on any atom is -0.467 e. The fourth-order valence-electron chi connectivity index (χ4n) is 0.845. The summed E-state index contributed by atoms with van der Waals surface area (Å²) in [5.41, 5.74) is 0. The zero-order valence-electron chi connectivity index (χ0n) is 7.97. The predicted octanol–water partition coefficient (Wildman–Crippen LogP) is 1.76. The Labute approximate surface area is 74.0 Å². The highest BCUT2D eigenvalue weighted by Gasteiger charge is 1.97. The van der Waals surface area contributed by atoms with Crippen LogP contribution in [-0.4, -0.2) is 26.3 Å². The molecule has 0 radical (unpaired) electrons. The molecular formula is C9H18O3. The van der Waals surface area contributed by atoms with E-state index in [2.05, 4.69) is 11.7 Å². The van der Waals surface area contributed by atoms with Gasteiger partial charge in [0.25, 0.3) is 0 Å². The zero-order chi connectivity index (χ0) is 9.23. The fraction of sp³-hybridized carbons (Fsp3) is 0.889. The summed E-state index contributed by atoms with van der Waals surface area (Å²) >= 11 is 0. The predicted molar refractivity (Wildman–Crippen MR) is 47.0 cm³/mol. The summed E-state index contributed by atoms with van der Waals surface area (Å²) in [6, 6.07) is 0. The van der Waals surface area contributed by atoms with Gasteiger partial charge in [-0.3, -0.25) is 0 Å². The lowest BCUT2D eigenvalue weighted by Gasteiger charge is -2.01. The second-order valence-electron chi connectivity index (χ2n) is 2.69. The van der Waals surface area contributed by atoms with Crippen molar-refractivity contribution in [1.82, 2.24) is 0 Å². The van der Waals surface area contributed by atoms with Gasteiger partial charge in [0, 0.05) is 6.61 Å². The van der Waals surface area contributed by atoms with Crippen LogP contribution in [0.2, 0.25) is 0 Å². The molecule has 0 unspecified atom stereocenters. The van der Waals surface area contributed by atoms with Crippen LogP contribution in [0.4, 0.5) is 0 Å². The van der Waals surface area contributed by atoms with Crippen LogP contribution < -0.4 is 0 Å². The van der Waals surface area contributed by atoms with Crippen LogP contribution in [0.25, 0.3) is 0 Å². The Kier molecular flexibility index (Phi) is 8.12. The number of esters is 1. The van der Waals surface area contributed by atoms with E-state index in [-0.39, 0.29) is 12.6 Å². The minimum atomic E-state index is -0.300. The summed E-state index contributed by atoms with van der Waals surface area (Å²) in [4.78, 5) is 10.6. The van der Waals surface area contributed by atoms with Crippen LogP contribution in [0, 0.1) is 0 Å². The Morgan fingerprint density at radius 1 is 1.25 bits per heavy atom. The molecule has 0 amide bonds. The number of carbonyl (C=O) groups excluding carboxylic acids is 1. The largest absolute Gasteiger partial charge is 0.467 e. The molecule has 0 fully saturated rings. The summed E-state index contributed by atoms with van der Waals surface area (Å²) in [6.45, 7) is 2.91. The number of rotatable bonds is 7. The molecular weight excluding hydrogens is 156 g/mol.